The minimum absolute atomic E-state index is 0.00238. The Hall–Kier alpha value is -1.29. The van der Waals surface area contributed by atoms with Crippen molar-refractivity contribution in [3.63, 3.8) is 0 Å². The summed E-state index contributed by atoms with van der Waals surface area (Å²) in [6, 6.07) is 1.94. The van der Waals surface area contributed by atoms with Crippen molar-refractivity contribution < 1.29 is 9.90 Å². The molecule has 0 saturated heterocycles. The summed E-state index contributed by atoms with van der Waals surface area (Å²) < 4.78 is 2.13. The third-order valence-corrected chi connectivity index (χ3v) is 3.37. The minimum Gasteiger partial charge on any atom is -0.389 e. The lowest BCUT2D eigenvalue weighted by molar-refractivity contribution is 0.0314. The molecule has 0 radical (unpaired) electrons. The van der Waals surface area contributed by atoms with Gasteiger partial charge in [-0.05, 0) is 47.6 Å². The number of aliphatic hydroxyl groups is 1. The maximum Gasteiger partial charge on any atom is 0.255 e. The van der Waals surface area contributed by atoms with Crippen molar-refractivity contribution in [2.45, 2.75) is 53.7 Å². The molecule has 108 valence electrons. The van der Waals surface area contributed by atoms with E-state index in [0.29, 0.717) is 13.1 Å². The number of amides is 1. The lowest BCUT2D eigenvalue weighted by Crippen LogP contribution is -2.42. The van der Waals surface area contributed by atoms with Crippen molar-refractivity contribution >= 4 is 5.91 Å². The van der Waals surface area contributed by atoms with Crippen LogP contribution in [0.1, 0.15) is 49.4 Å². The van der Waals surface area contributed by atoms with Crippen LogP contribution in [-0.2, 0) is 6.54 Å². The molecule has 1 N–H and O–H groups in total. The van der Waals surface area contributed by atoms with Gasteiger partial charge in [0.1, 0.15) is 0 Å². The molecule has 0 aliphatic rings. The molecule has 0 aliphatic heterocycles. The van der Waals surface area contributed by atoms with E-state index in [1.165, 1.54) is 0 Å². The third kappa shape index (κ3) is 3.60. The van der Waals surface area contributed by atoms with Gasteiger partial charge in [-0.1, -0.05) is 0 Å². The summed E-state index contributed by atoms with van der Waals surface area (Å²) >= 11 is 0. The number of hydrogen-bond acceptors (Lipinski definition) is 2. The zero-order valence-electron chi connectivity index (χ0n) is 12.9. The van der Waals surface area contributed by atoms with Gasteiger partial charge in [-0.2, -0.15) is 0 Å². The van der Waals surface area contributed by atoms with Gasteiger partial charge in [0.05, 0.1) is 11.2 Å². The number of likely N-dealkylation sites (N-methyl/N-ethyl adjacent to an activating group) is 1. The normalized spacial score (nSPS) is 11.7. The summed E-state index contributed by atoms with van der Waals surface area (Å²) in [5.41, 5.74) is 1.97. The van der Waals surface area contributed by atoms with Crippen LogP contribution in [0.15, 0.2) is 6.07 Å². The first kappa shape index (κ1) is 15.8. The third-order valence-electron chi connectivity index (χ3n) is 3.37. The predicted octanol–water partition coefficient (Wildman–Crippen LogP) is 2.36. The quantitative estimate of drug-likeness (QED) is 0.889. The van der Waals surface area contributed by atoms with Gasteiger partial charge in [-0.15, -0.1) is 0 Å². The maximum atomic E-state index is 12.6. The molecule has 1 aromatic rings. The van der Waals surface area contributed by atoms with Crippen molar-refractivity contribution in [1.82, 2.24) is 9.47 Å². The molecule has 0 atom stereocenters. The fourth-order valence-electron chi connectivity index (χ4n) is 2.47. The van der Waals surface area contributed by atoms with Gasteiger partial charge in [0, 0.05) is 31.0 Å². The van der Waals surface area contributed by atoms with Gasteiger partial charge in [0.2, 0.25) is 0 Å². The highest BCUT2D eigenvalue weighted by Crippen LogP contribution is 2.18. The molecule has 1 amide bonds. The molecular weight excluding hydrogens is 240 g/mol. The minimum atomic E-state index is -0.873. The second kappa shape index (κ2) is 5.78. The van der Waals surface area contributed by atoms with Crippen molar-refractivity contribution in [3.8, 4) is 0 Å². The molecule has 19 heavy (non-hydrogen) atoms. The van der Waals surface area contributed by atoms with Gasteiger partial charge in [0.25, 0.3) is 5.91 Å². The monoisotopic (exact) mass is 266 g/mol. The second-order valence-corrected chi connectivity index (χ2v) is 5.66. The van der Waals surface area contributed by atoms with E-state index in [2.05, 4.69) is 11.5 Å². The zero-order valence-corrected chi connectivity index (χ0v) is 12.9. The molecule has 0 fully saturated rings. The van der Waals surface area contributed by atoms with Crippen molar-refractivity contribution in [1.29, 1.82) is 0 Å². The first-order chi connectivity index (χ1) is 8.71. The summed E-state index contributed by atoms with van der Waals surface area (Å²) in [6.07, 6.45) is 0. The molecule has 0 aliphatic carbocycles. The smallest absolute Gasteiger partial charge is 0.255 e. The number of carbonyl (C=O) groups is 1. The Labute approximate surface area is 116 Å². The Bertz CT molecular complexity index is 455. The van der Waals surface area contributed by atoms with Crippen LogP contribution in [0.2, 0.25) is 0 Å². The van der Waals surface area contributed by atoms with E-state index in [-0.39, 0.29) is 5.91 Å². The number of hydrogen-bond donors (Lipinski definition) is 1. The lowest BCUT2D eigenvalue weighted by Gasteiger charge is -2.28. The molecule has 0 aromatic carbocycles. The van der Waals surface area contributed by atoms with E-state index in [1.54, 1.807) is 18.7 Å². The van der Waals surface area contributed by atoms with Crippen molar-refractivity contribution in [3.05, 3.63) is 23.0 Å². The van der Waals surface area contributed by atoms with Gasteiger partial charge in [-0.3, -0.25) is 4.79 Å². The Kier molecular flexibility index (Phi) is 4.80. The molecule has 1 heterocycles. The second-order valence-electron chi connectivity index (χ2n) is 5.66. The molecular formula is C15H26N2O2. The summed E-state index contributed by atoms with van der Waals surface area (Å²) in [5, 5.41) is 9.89. The number of aromatic nitrogens is 1. The van der Waals surface area contributed by atoms with Crippen LogP contribution in [0.3, 0.4) is 0 Å². The largest absolute Gasteiger partial charge is 0.389 e. The number of carbonyl (C=O) groups excluding carboxylic acids is 1. The van der Waals surface area contributed by atoms with Gasteiger partial charge >= 0.3 is 0 Å². The number of aryl methyl sites for hydroxylation is 1. The summed E-state index contributed by atoms with van der Waals surface area (Å²) in [6.45, 7) is 13.2. The van der Waals surface area contributed by atoms with Crippen LogP contribution in [0.25, 0.3) is 0 Å². The van der Waals surface area contributed by atoms with E-state index < -0.39 is 5.60 Å². The Morgan fingerprint density at radius 2 is 1.95 bits per heavy atom. The van der Waals surface area contributed by atoms with E-state index in [9.17, 15) is 9.90 Å². The van der Waals surface area contributed by atoms with Crippen LogP contribution in [-0.4, -0.2) is 39.2 Å². The highest BCUT2D eigenvalue weighted by atomic mass is 16.3. The zero-order chi connectivity index (χ0) is 14.8. The average Bonchev–Trinajstić information content (AvgIpc) is 2.59. The van der Waals surface area contributed by atoms with Crippen LogP contribution in [0, 0.1) is 13.8 Å². The molecule has 4 nitrogen and oxygen atoms in total. The van der Waals surface area contributed by atoms with E-state index >= 15 is 0 Å². The molecule has 1 aromatic heterocycles. The topological polar surface area (TPSA) is 45.5 Å². The Morgan fingerprint density at radius 1 is 1.37 bits per heavy atom. The molecule has 0 spiro atoms. The lowest BCUT2D eigenvalue weighted by atomic mass is 10.1. The number of rotatable bonds is 5. The van der Waals surface area contributed by atoms with E-state index in [4.69, 9.17) is 0 Å². The molecule has 0 bridgehead atoms. The Balaban J connectivity index is 3.05. The fraction of sp³-hybridized carbons (Fsp3) is 0.667. The standard InChI is InChI=1S/C15H26N2O2/c1-7-16(10-15(5,6)19)14(18)13-9-11(3)17(8-2)12(13)4/h9,19H,7-8,10H2,1-6H3. The average molecular weight is 266 g/mol. The first-order valence-corrected chi connectivity index (χ1v) is 6.89. The SMILES string of the molecule is CCN(CC(C)(C)O)C(=O)c1cc(C)n(CC)c1C. The van der Waals surface area contributed by atoms with Crippen LogP contribution < -0.4 is 0 Å². The fourth-order valence-corrected chi connectivity index (χ4v) is 2.47. The summed E-state index contributed by atoms with van der Waals surface area (Å²) in [7, 11) is 0. The number of nitrogens with zero attached hydrogens (tertiary/aromatic N) is 2. The predicted molar refractivity (Wildman–Crippen MR) is 77.5 cm³/mol. The van der Waals surface area contributed by atoms with Crippen molar-refractivity contribution in [2.24, 2.45) is 0 Å². The molecule has 0 unspecified atom stereocenters. The summed E-state index contributed by atoms with van der Waals surface area (Å²) in [4.78, 5) is 14.3. The van der Waals surface area contributed by atoms with Crippen LogP contribution in [0.4, 0.5) is 0 Å². The summed E-state index contributed by atoms with van der Waals surface area (Å²) in [5.74, 6) is -0.00238. The van der Waals surface area contributed by atoms with Crippen LogP contribution >= 0.6 is 0 Å². The highest BCUT2D eigenvalue weighted by Gasteiger charge is 2.24. The molecule has 0 saturated carbocycles. The van der Waals surface area contributed by atoms with Gasteiger partial charge in [0.15, 0.2) is 0 Å². The van der Waals surface area contributed by atoms with Gasteiger partial charge < -0.3 is 14.6 Å². The van der Waals surface area contributed by atoms with Crippen LogP contribution in [0.5, 0.6) is 0 Å². The molecule has 4 heteroatoms. The van der Waals surface area contributed by atoms with Gasteiger partial charge in [-0.25, -0.2) is 0 Å². The molecule has 1 rings (SSSR count). The van der Waals surface area contributed by atoms with E-state index in [0.717, 1.165) is 23.5 Å². The highest BCUT2D eigenvalue weighted by molar-refractivity contribution is 5.95. The Morgan fingerprint density at radius 3 is 2.32 bits per heavy atom. The maximum absolute atomic E-state index is 12.6. The van der Waals surface area contributed by atoms with Crippen molar-refractivity contribution in [2.75, 3.05) is 13.1 Å². The van der Waals surface area contributed by atoms with E-state index in [1.807, 2.05) is 26.8 Å². The first-order valence-electron chi connectivity index (χ1n) is 6.89.